The summed E-state index contributed by atoms with van der Waals surface area (Å²) in [7, 11) is 0. The molecule has 0 radical (unpaired) electrons. The highest BCUT2D eigenvalue weighted by molar-refractivity contribution is 5.78. The van der Waals surface area contributed by atoms with Gasteiger partial charge in [-0.3, -0.25) is 9.69 Å². The van der Waals surface area contributed by atoms with E-state index in [1.807, 2.05) is 62.9 Å². The second kappa shape index (κ2) is 12.2. The maximum absolute atomic E-state index is 13.1. The van der Waals surface area contributed by atoms with Crippen molar-refractivity contribution in [3.63, 3.8) is 0 Å². The Morgan fingerprint density at radius 1 is 0.914 bits per heavy atom. The largest absolute Gasteiger partial charge is 0.445 e. The van der Waals surface area contributed by atoms with Crippen molar-refractivity contribution >= 4 is 18.1 Å². The van der Waals surface area contributed by atoms with Crippen molar-refractivity contribution < 1.29 is 23.9 Å². The lowest BCUT2D eigenvalue weighted by Gasteiger charge is -2.39. The van der Waals surface area contributed by atoms with Crippen LogP contribution in [0.15, 0.2) is 30.3 Å². The number of benzene rings is 1. The molecule has 0 unspecified atom stereocenters. The summed E-state index contributed by atoms with van der Waals surface area (Å²) >= 11 is 0. The van der Waals surface area contributed by atoms with Crippen LogP contribution < -0.4 is 0 Å². The van der Waals surface area contributed by atoms with Crippen molar-refractivity contribution in [1.29, 1.82) is 0 Å². The number of carbonyl (C=O) groups excluding carboxylic acids is 3. The SMILES string of the molecule is CCN(C(=O)CN1CCN(C(=O)OC(C)(C)C)CC1)C1CCN(C(=O)OCc2ccccc2)CC1. The van der Waals surface area contributed by atoms with Crippen LogP contribution in [0.2, 0.25) is 0 Å². The zero-order valence-corrected chi connectivity index (χ0v) is 21.6. The molecule has 9 nitrogen and oxygen atoms in total. The van der Waals surface area contributed by atoms with E-state index < -0.39 is 5.60 Å². The summed E-state index contributed by atoms with van der Waals surface area (Å²) in [5.74, 6) is 0.100. The molecule has 0 bridgehead atoms. The number of nitrogens with zero attached hydrogens (tertiary/aromatic N) is 4. The molecular formula is C26H40N4O5. The molecule has 0 spiro atoms. The lowest BCUT2D eigenvalue weighted by molar-refractivity contribution is -0.135. The van der Waals surface area contributed by atoms with E-state index >= 15 is 0 Å². The highest BCUT2D eigenvalue weighted by Crippen LogP contribution is 2.19. The number of likely N-dealkylation sites (N-methyl/N-ethyl adjacent to an activating group) is 1. The first-order valence-electron chi connectivity index (χ1n) is 12.6. The van der Waals surface area contributed by atoms with Crippen molar-refractivity contribution in [1.82, 2.24) is 19.6 Å². The minimum Gasteiger partial charge on any atom is -0.445 e. The fourth-order valence-corrected chi connectivity index (χ4v) is 4.51. The van der Waals surface area contributed by atoms with Crippen molar-refractivity contribution in [2.45, 2.75) is 58.8 Å². The van der Waals surface area contributed by atoms with Gasteiger partial charge in [0.15, 0.2) is 0 Å². The highest BCUT2D eigenvalue weighted by atomic mass is 16.6. The summed E-state index contributed by atoms with van der Waals surface area (Å²) in [5, 5.41) is 0. The van der Waals surface area contributed by atoms with Crippen LogP contribution in [0.25, 0.3) is 0 Å². The van der Waals surface area contributed by atoms with Gasteiger partial charge in [-0.1, -0.05) is 30.3 Å². The molecule has 0 aromatic heterocycles. The van der Waals surface area contributed by atoms with E-state index in [0.29, 0.717) is 52.4 Å². The standard InChI is InChI=1S/C26H40N4O5/c1-5-30(23(31)19-27-15-17-29(18-16-27)25(33)35-26(2,3)4)22-11-13-28(14-12-22)24(32)34-20-21-9-7-6-8-10-21/h6-10,22H,5,11-20H2,1-4H3. The summed E-state index contributed by atoms with van der Waals surface area (Å²) in [5.41, 5.74) is 0.449. The molecule has 2 aliphatic rings. The van der Waals surface area contributed by atoms with Gasteiger partial charge in [0, 0.05) is 51.9 Å². The Kier molecular flexibility index (Phi) is 9.37. The molecular weight excluding hydrogens is 448 g/mol. The van der Waals surface area contributed by atoms with Crippen molar-refractivity contribution in [3.05, 3.63) is 35.9 Å². The fraction of sp³-hybridized carbons (Fsp3) is 0.654. The van der Waals surface area contributed by atoms with Crippen molar-refractivity contribution in [3.8, 4) is 0 Å². The molecule has 0 aliphatic carbocycles. The van der Waals surface area contributed by atoms with Gasteiger partial charge in [0.2, 0.25) is 5.91 Å². The molecule has 9 heteroatoms. The Bertz CT molecular complexity index is 841. The molecule has 1 aromatic rings. The molecule has 194 valence electrons. The van der Waals surface area contributed by atoms with Crippen LogP contribution in [0.3, 0.4) is 0 Å². The Hall–Kier alpha value is -2.81. The molecule has 0 N–H and O–H groups in total. The second-order valence-electron chi connectivity index (χ2n) is 10.2. The summed E-state index contributed by atoms with van der Waals surface area (Å²) in [6, 6.07) is 9.76. The summed E-state index contributed by atoms with van der Waals surface area (Å²) in [4.78, 5) is 45.3. The number of hydrogen-bond donors (Lipinski definition) is 0. The Morgan fingerprint density at radius 3 is 2.09 bits per heavy atom. The minimum absolute atomic E-state index is 0.100. The fourth-order valence-electron chi connectivity index (χ4n) is 4.51. The third kappa shape index (κ3) is 8.13. The van der Waals surface area contributed by atoms with Gasteiger partial charge in [-0.05, 0) is 46.1 Å². The van der Waals surface area contributed by atoms with E-state index in [-0.39, 0.29) is 30.7 Å². The Balaban J connectivity index is 1.40. The summed E-state index contributed by atoms with van der Waals surface area (Å²) in [6.45, 7) is 12.4. The van der Waals surface area contributed by atoms with E-state index in [1.165, 1.54) is 0 Å². The molecule has 1 aromatic carbocycles. The zero-order valence-electron chi connectivity index (χ0n) is 21.6. The van der Waals surface area contributed by atoms with Crippen molar-refractivity contribution in [2.75, 3.05) is 52.4 Å². The predicted octanol–water partition coefficient (Wildman–Crippen LogP) is 3.19. The number of piperazine rings is 1. The van der Waals surface area contributed by atoms with Crippen LogP contribution in [0.5, 0.6) is 0 Å². The van der Waals surface area contributed by atoms with Crippen LogP contribution in [-0.2, 0) is 20.9 Å². The molecule has 35 heavy (non-hydrogen) atoms. The molecule has 2 aliphatic heterocycles. The van der Waals surface area contributed by atoms with Crippen LogP contribution in [0, 0.1) is 0 Å². The van der Waals surface area contributed by atoms with Crippen molar-refractivity contribution in [2.24, 2.45) is 0 Å². The lowest BCUT2D eigenvalue weighted by Crippen LogP contribution is -2.54. The quantitative estimate of drug-likeness (QED) is 0.612. The van der Waals surface area contributed by atoms with Gasteiger partial charge in [-0.2, -0.15) is 0 Å². The van der Waals surface area contributed by atoms with Gasteiger partial charge in [0.05, 0.1) is 6.54 Å². The molecule has 3 rings (SSSR count). The monoisotopic (exact) mass is 488 g/mol. The van der Waals surface area contributed by atoms with Gasteiger partial charge in [-0.15, -0.1) is 0 Å². The maximum Gasteiger partial charge on any atom is 0.410 e. The van der Waals surface area contributed by atoms with E-state index in [1.54, 1.807) is 9.80 Å². The minimum atomic E-state index is -0.514. The maximum atomic E-state index is 13.1. The average molecular weight is 489 g/mol. The van der Waals surface area contributed by atoms with E-state index in [4.69, 9.17) is 9.47 Å². The van der Waals surface area contributed by atoms with Gasteiger partial charge >= 0.3 is 12.2 Å². The first-order chi connectivity index (χ1) is 16.7. The van der Waals surface area contributed by atoms with Crippen LogP contribution >= 0.6 is 0 Å². The van der Waals surface area contributed by atoms with Gasteiger partial charge < -0.3 is 24.2 Å². The zero-order chi connectivity index (χ0) is 25.4. The summed E-state index contributed by atoms with van der Waals surface area (Å²) < 4.78 is 10.9. The van der Waals surface area contributed by atoms with E-state index in [0.717, 1.165) is 18.4 Å². The van der Waals surface area contributed by atoms with Gasteiger partial charge in [0.25, 0.3) is 0 Å². The third-order valence-electron chi connectivity index (χ3n) is 6.41. The number of rotatable bonds is 6. The normalized spacial score (nSPS) is 17.7. The van der Waals surface area contributed by atoms with Crippen LogP contribution in [-0.4, -0.2) is 102 Å². The number of piperidine rings is 1. The molecule has 3 amide bonds. The molecule has 0 atom stereocenters. The molecule has 2 heterocycles. The Morgan fingerprint density at radius 2 is 1.51 bits per heavy atom. The molecule has 2 saturated heterocycles. The number of hydrogen-bond acceptors (Lipinski definition) is 6. The smallest absolute Gasteiger partial charge is 0.410 e. The lowest BCUT2D eigenvalue weighted by atomic mass is 10.0. The topological polar surface area (TPSA) is 82.6 Å². The third-order valence-corrected chi connectivity index (χ3v) is 6.41. The summed E-state index contributed by atoms with van der Waals surface area (Å²) in [6.07, 6.45) is 0.885. The number of likely N-dealkylation sites (tertiary alicyclic amines) is 1. The number of ether oxygens (including phenoxy) is 2. The van der Waals surface area contributed by atoms with Gasteiger partial charge in [-0.25, -0.2) is 9.59 Å². The average Bonchev–Trinajstić information content (AvgIpc) is 2.83. The number of amides is 3. The molecule has 2 fully saturated rings. The Labute approximate surface area is 208 Å². The second-order valence-corrected chi connectivity index (χ2v) is 10.2. The molecule has 0 saturated carbocycles. The first-order valence-corrected chi connectivity index (χ1v) is 12.6. The van der Waals surface area contributed by atoms with Gasteiger partial charge in [0.1, 0.15) is 12.2 Å². The highest BCUT2D eigenvalue weighted by Gasteiger charge is 2.31. The number of carbonyl (C=O) groups is 3. The van der Waals surface area contributed by atoms with E-state index in [2.05, 4.69) is 4.90 Å². The van der Waals surface area contributed by atoms with Crippen LogP contribution in [0.1, 0.15) is 46.1 Å². The van der Waals surface area contributed by atoms with E-state index in [9.17, 15) is 14.4 Å². The predicted molar refractivity (Wildman–Crippen MR) is 133 cm³/mol. The first kappa shape index (κ1) is 26.8. The van der Waals surface area contributed by atoms with Crippen LogP contribution in [0.4, 0.5) is 9.59 Å².